The molecule has 1 N–H and O–H groups in total. The van der Waals surface area contributed by atoms with Gasteiger partial charge in [-0.25, -0.2) is 12.8 Å². The summed E-state index contributed by atoms with van der Waals surface area (Å²) in [5.74, 6) is -0.867. The van der Waals surface area contributed by atoms with Gasteiger partial charge in [-0.2, -0.15) is 5.26 Å². The molecule has 0 radical (unpaired) electrons. The highest BCUT2D eigenvalue weighted by Gasteiger charge is 2.21. The minimum atomic E-state index is -4.15. The number of nitrogens with zero attached hydrogens (tertiary/aromatic N) is 1. The van der Waals surface area contributed by atoms with Crippen LogP contribution < -0.4 is 4.72 Å². The second kappa shape index (κ2) is 5.72. The Kier molecular flexibility index (Phi) is 4.16. The molecule has 0 fully saturated rings. The van der Waals surface area contributed by atoms with Crippen LogP contribution in [0.3, 0.4) is 0 Å². The molecule has 0 aliphatic heterocycles. The van der Waals surface area contributed by atoms with Gasteiger partial charge in [0.2, 0.25) is 0 Å². The fourth-order valence-corrected chi connectivity index (χ4v) is 3.19. The molecule has 0 saturated heterocycles. The molecule has 0 aromatic heterocycles. The second-order valence-corrected chi connectivity index (χ2v) is 6.37. The minimum absolute atomic E-state index is 0.00547. The van der Waals surface area contributed by atoms with Gasteiger partial charge in [0.1, 0.15) is 16.8 Å². The molecule has 2 aromatic rings. The summed E-state index contributed by atoms with van der Waals surface area (Å²) in [6, 6.07) is 9.91. The van der Waals surface area contributed by atoms with Crippen LogP contribution in [0.15, 0.2) is 41.3 Å². The van der Waals surface area contributed by atoms with Gasteiger partial charge in [0.05, 0.1) is 16.3 Å². The van der Waals surface area contributed by atoms with E-state index >= 15 is 0 Å². The quantitative estimate of drug-likeness (QED) is 0.940. The lowest BCUT2D eigenvalue weighted by molar-refractivity contribution is 0.570. The van der Waals surface area contributed by atoms with E-state index in [0.29, 0.717) is 5.56 Å². The third-order valence-corrected chi connectivity index (χ3v) is 4.44. The Bertz CT molecular complexity index is 845. The molecule has 7 heteroatoms. The van der Waals surface area contributed by atoms with Gasteiger partial charge in [-0.05, 0) is 36.8 Å². The summed E-state index contributed by atoms with van der Waals surface area (Å²) in [4.78, 5) is -0.480. The molecule has 0 atom stereocenters. The zero-order chi connectivity index (χ0) is 15.6. The van der Waals surface area contributed by atoms with Crippen LogP contribution in [0.5, 0.6) is 0 Å². The smallest absolute Gasteiger partial charge is 0.264 e. The normalized spacial score (nSPS) is 11.0. The van der Waals surface area contributed by atoms with E-state index < -0.39 is 20.7 Å². The Morgan fingerprint density at radius 2 is 2.00 bits per heavy atom. The summed E-state index contributed by atoms with van der Waals surface area (Å²) < 4.78 is 40.4. The number of rotatable bonds is 3. The highest BCUT2D eigenvalue weighted by Crippen LogP contribution is 2.26. The third-order valence-electron chi connectivity index (χ3n) is 2.75. The molecule has 0 bridgehead atoms. The molecule has 2 aromatic carbocycles. The highest BCUT2D eigenvalue weighted by atomic mass is 35.5. The van der Waals surface area contributed by atoms with E-state index in [2.05, 4.69) is 4.72 Å². The number of anilines is 1. The number of halogens is 2. The molecule has 0 unspecified atom stereocenters. The first-order valence-electron chi connectivity index (χ1n) is 5.83. The molecule has 0 heterocycles. The first-order valence-corrected chi connectivity index (χ1v) is 7.69. The van der Waals surface area contributed by atoms with Gasteiger partial charge in [-0.1, -0.05) is 23.7 Å². The van der Waals surface area contributed by atoms with Crippen molar-refractivity contribution in [2.24, 2.45) is 0 Å². The summed E-state index contributed by atoms with van der Waals surface area (Å²) in [6.45, 7) is 1.65. The average Bonchev–Trinajstić information content (AvgIpc) is 2.41. The van der Waals surface area contributed by atoms with Gasteiger partial charge in [0, 0.05) is 0 Å². The Balaban J connectivity index is 2.51. The fraction of sp³-hybridized carbons (Fsp3) is 0.0714. The molecule has 0 saturated carbocycles. The molecular weight excluding hydrogens is 315 g/mol. The summed E-state index contributed by atoms with van der Waals surface area (Å²) in [5, 5.41) is 9.14. The van der Waals surface area contributed by atoms with Gasteiger partial charge in [0.15, 0.2) is 0 Å². The largest absolute Gasteiger partial charge is 0.278 e. The number of hydrogen-bond donors (Lipinski definition) is 1. The lowest BCUT2D eigenvalue weighted by atomic mass is 10.2. The van der Waals surface area contributed by atoms with E-state index in [4.69, 9.17) is 16.9 Å². The van der Waals surface area contributed by atoms with Crippen molar-refractivity contribution in [3.05, 3.63) is 58.4 Å². The van der Waals surface area contributed by atoms with Crippen molar-refractivity contribution in [3.8, 4) is 6.07 Å². The molecule has 108 valence electrons. The molecule has 0 amide bonds. The molecule has 0 aliphatic carbocycles. The van der Waals surface area contributed by atoms with Crippen LogP contribution in [-0.4, -0.2) is 8.42 Å². The first-order chi connectivity index (χ1) is 9.85. The van der Waals surface area contributed by atoms with Crippen molar-refractivity contribution < 1.29 is 12.8 Å². The van der Waals surface area contributed by atoms with E-state index in [-0.39, 0.29) is 16.3 Å². The highest BCUT2D eigenvalue weighted by molar-refractivity contribution is 7.92. The first kappa shape index (κ1) is 15.3. The van der Waals surface area contributed by atoms with Crippen molar-refractivity contribution in [1.82, 2.24) is 0 Å². The molecule has 0 aliphatic rings. The predicted octanol–water partition coefficient (Wildman–Crippen LogP) is 3.46. The lowest BCUT2D eigenvalue weighted by Crippen LogP contribution is -2.15. The van der Waals surface area contributed by atoms with Gasteiger partial charge in [-0.15, -0.1) is 0 Å². The summed E-state index contributed by atoms with van der Waals surface area (Å²) in [7, 11) is -4.15. The van der Waals surface area contributed by atoms with E-state index in [1.54, 1.807) is 6.92 Å². The van der Waals surface area contributed by atoms with Gasteiger partial charge < -0.3 is 0 Å². The number of hydrogen-bond acceptors (Lipinski definition) is 3. The SMILES string of the molecule is Cc1ccc(F)c(S(=O)(=O)Nc2cccc(Cl)c2C#N)c1. The summed E-state index contributed by atoms with van der Waals surface area (Å²) in [5.41, 5.74) is 0.588. The van der Waals surface area contributed by atoms with Crippen LogP contribution in [0.1, 0.15) is 11.1 Å². The fourth-order valence-electron chi connectivity index (χ4n) is 1.74. The van der Waals surface area contributed by atoms with Crippen molar-refractivity contribution >= 4 is 27.3 Å². The van der Waals surface area contributed by atoms with Gasteiger partial charge in [-0.3, -0.25) is 4.72 Å². The van der Waals surface area contributed by atoms with Crippen LogP contribution in [-0.2, 0) is 10.0 Å². The maximum absolute atomic E-state index is 13.7. The number of aryl methyl sites for hydroxylation is 1. The van der Waals surface area contributed by atoms with Crippen molar-refractivity contribution in [3.63, 3.8) is 0 Å². The second-order valence-electron chi connectivity index (χ2n) is 4.31. The Morgan fingerprint density at radius 1 is 1.29 bits per heavy atom. The zero-order valence-electron chi connectivity index (χ0n) is 10.9. The zero-order valence-corrected chi connectivity index (χ0v) is 12.5. The van der Waals surface area contributed by atoms with Crippen LogP contribution in [0, 0.1) is 24.1 Å². The van der Waals surface area contributed by atoms with Crippen molar-refractivity contribution in [1.29, 1.82) is 5.26 Å². The molecule has 2 rings (SSSR count). The summed E-state index contributed by atoms with van der Waals surface area (Å²) >= 11 is 5.83. The number of nitrogens with one attached hydrogen (secondary N) is 1. The molecule has 4 nitrogen and oxygen atoms in total. The van der Waals surface area contributed by atoms with E-state index in [1.165, 1.54) is 30.3 Å². The van der Waals surface area contributed by atoms with Crippen LogP contribution in [0.25, 0.3) is 0 Å². The van der Waals surface area contributed by atoms with Gasteiger partial charge in [0.25, 0.3) is 10.0 Å². The molecular formula is C14H10ClFN2O2S. The number of nitriles is 1. The van der Waals surface area contributed by atoms with Crippen molar-refractivity contribution in [2.45, 2.75) is 11.8 Å². The predicted molar refractivity (Wildman–Crippen MR) is 78.1 cm³/mol. The summed E-state index contributed by atoms with van der Waals surface area (Å²) in [6.07, 6.45) is 0. The Hall–Kier alpha value is -2.10. The molecule has 21 heavy (non-hydrogen) atoms. The Morgan fingerprint density at radius 3 is 2.67 bits per heavy atom. The maximum atomic E-state index is 13.7. The topological polar surface area (TPSA) is 70.0 Å². The standard InChI is InChI=1S/C14H10ClFN2O2S/c1-9-5-6-12(16)14(7-9)21(19,20)18-13-4-2-3-11(15)10(13)8-17/h2-7,18H,1H3. The average molecular weight is 325 g/mol. The maximum Gasteiger partial charge on any atom is 0.264 e. The number of sulfonamides is 1. The molecule has 0 spiro atoms. The third kappa shape index (κ3) is 3.15. The van der Waals surface area contributed by atoms with Crippen LogP contribution in [0.4, 0.5) is 10.1 Å². The Labute approximate surface area is 126 Å². The van der Waals surface area contributed by atoms with E-state index in [1.807, 2.05) is 6.07 Å². The van der Waals surface area contributed by atoms with Crippen LogP contribution >= 0.6 is 11.6 Å². The minimum Gasteiger partial charge on any atom is -0.278 e. The lowest BCUT2D eigenvalue weighted by Gasteiger charge is -2.11. The van der Waals surface area contributed by atoms with Crippen molar-refractivity contribution in [2.75, 3.05) is 4.72 Å². The van der Waals surface area contributed by atoms with E-state index in [9.17, 15) is 12.8 Å². The van der Waals surface area contributed by atoms with Gasteiger partial charge >= 0.3 is 0 Å². The monoisotopic (exact) mass is 324 g/mol. The number of benzene rings is 2. The van der Waals surface area contributed by atoms with Crippen LogP contribution in [0.2, 0.25) is 5.02 Å². The van der Waals surface area contributed by atoms with E-state index in [0.717, 1.165) is 6.07 Å².